The first kappa shape index (κ1) is 32.4. The van der Waals surface area contributed by atoms with Crippen molar-refractivity contribution in [3.8, 4) is 54.3 Å². The average molecular weight is 776 g/mol. The van der Waals surface area contributed by atoms with Crippen LogP contribution in [0.5, 0.6) is 0 Å². The normalized spacial score (nSPS) is 12.7. The standard InChI is InChI=1S/C54H33NOS2/c1-3-7-31(8-4-1)33-11-19-47-41(25-33)42-26-35(12-20-48(42)55-47)37-15-23-51-45(29-37)39-17-18-40-46-30-38(16-24-52(46)58-54(40)53(39)57-51)36-14-22-50-44(28-36)43-27-34(13-21-49(43)56-50)32-9-5-2-6-10-32/h1-16,19-30,55H,17-18H2. The van der Waals surface area contributed by atoms with E-state index in [1.165, 1.54) is 107 Å². The fourth-order valence-corrected chi connectivity index (χ4v) is 12.1. The Labute approximate surface area is 342 Å². The molecule has 12 aromatic rings. The minimum atomic E-state index is 0.924. The zero-order valence-corrected chi connectivity index (χ0v) is 32.9. The average Bonchev–Trinajstić information content (AvgIpc) is 4.05. The third-order valence-electron chi connectivity index (χ3n) is 12.4. The van der Waals surface area contributed by atoms with E-state index in [4.69, 9.17) is 4.42 Å². The minimum absolute atomic E-state index is 0.924. The summed E-state index contributed by atoms with van der Waals surface area (Å²) in [6.45, 7) is 0. The van der Waals surface area contributed by atoms with Crippen LogP contribution in [0.1, 0.15) is 11.1 Å². The molecule has 13 rings (SSSR count). The molecular weight excluding hydrogens is 743 g/mol. The van der Waals surface area contributed by atoms with Crippen LogP contribution in [0, 0.1) is 0 Å². The summed E-state index contributed by atoms with van der Waals surface area (Å²) in [5.74, 6) is 0. The van der Waals surface area contributed by atoms with Gasteiger partial charge in [0.15, 0.2) is 0 Å². The van der Waals surface area contributed by atoms with Crippen molar-refractivity contribution in [2.45, 2.75) is 12.8 Å². The van der Waals surface area contributed by atoms with E-state index in [1.54, 1.807) is 0 Å². The molecule has 0 aliphatic heterocycles. The molecule has 272 valence electrons. The van der Waals surface area contributed by atoms with Gasteiger partial charge in [-0.2, -0.15) is 0 Å². The lowest BCUT2D eigenvalue weighted by Gasteiger charge is -2.13. The van der Waals surface area contributed by atoms with Crippen LogP contribution in [0.4, 0.5) is 0 Å². The molecule has 1 N–H and O–H groups in total. The van der Waals surface area contributed by atoms with Gasteiger partial charge in [0.25, 0.3) is 0 Å². The highest BCUT2D eigenvalue weighted by Gasteiger charge is 2.26. The number of fused-ring (bicyclic) bond motifs is 13. The lowest BCUT2D eigenvalue weighted by molar-refractivity contribution is 0.669. The second-order valence-electron chi connectivity index (χ2n) is 15.6. The molecule has 0 unspecified atom stereocenters. The van der Waals surface area contributed by atoms with Gasteiger partial charge in [0.2, 0.25) is 0 Å². The zero-order valence-electron chi connectivity index (χ0n) is 31.3. The van der Waals surface area contributed by atoms with Gasteiger partial charge in [-0.1, -0.05) is 97.1 Å². The van der Waals surface area contributed by atoms with Crippen molar-refractivity contribution in [1.29, 1.82) is 0 Å². The highest BCUT2D eigenvalue weighted by Crippen LogP contribution is 2.51. The van der Waals surface area contributed by atoms with E-state index in [1.807, 2.05) is 22.7 Å². The summed E-state index contributed by atoms with van der Waals surface area (Å²) in [5.41, 5.74) is 17.1. The molecule has 4 aromatic heterocycles. The zero-order chi connectivity index (χ0) is 37.9. The number of furan rings is 1. The molecule has 1 aliphatic rings. The number of hydrogen-bond acceptors (Lipinski definition) is 3. The molecule has 0 bridgehead atoms. The highest BCUT2D eigenvalue weighted by molar-refractivity contribution is 7.29. The molecule has 8 aromatic carbocycles. The largest absolute Gasteiger partial charge is 0.456 e. The minimum Gasteiger partial charge on any atom is -0.456 e. The van der Waals surface area contributed by atoms with E-state index in [2.05, 4.69) is 175 Å². The number of benzene rings is 8. The number of H-pyrrole nitrogens is 1. The van der Waals surface area contributed by atoms with Crippen molar-refractivity contribution in [2.75, 3.05) is 0 Å². The lowest BCUT2D eigenvalue weighted by atomic mass is 9.91. The number of aryl methyl sites for hydroxylation is 2. The summed E-state index contributed by atoms with van der Waals surface area (Å²) < 4.78 is 9.04. The maximum atomic E-state index is 6.31. The summed E-state index contributed by atoms with van der Waals surface area (Å²) in [6, 6.07) is 62.3. The van der Waals surface area contributed by atoms with Crippen molar-refractivity contribution in [3.63, 3.8) is 0 Å². The Kier molecular flexibility index (Phi) is 6.91. The van der Waals surface area contributed by atoms with E-state index >= 15 is 0 Å². The number of nitrogens with one attached hydrogen (secondary N) is 1. The first-order valence-corrected chi connectivity index (χ1v) is 21.6. The smallest absolute Gasteiger partial charge is 0.135 e. The molecule has 2 nitrogen and oxygen atoms in total. The molecule has 58 heavy (non-hydrogen) atoms. The van der Waals surface area contributed by atoms with Crippen molar-refractivity contribution in [2.24, 2.45) is 0 Å². The second kappa shape index (κ2) is 12.4. The Morgan fingerprint density at radius 3 is 1.19 bits per heavy atom. The molecule has 4 heteroatoms. The van der Waals surface area contributed by atoms with Gasteiger partial charge in [-0.3, -0.25) is 0 Å². The predicted octanol–water partition coefficient (Wildman–Crippen LogP) is 16.1. The number of rotatable bonds is 4. The fraction of sp³-hybridized carbons (Fsp3) is 0.0370. The Bertz CT molecular complexity index is 3380. The number of thiophene rings is 2. The van der Waals surface area contributed by atoms with Crippen LogP contribution in [-0.4, -0.2) is 4.98 Å². The summed E-state index contributed by atoms with van der Waals surface area (Å²) >= 11 is 3.93. The molecule has 0 saturated heterocycles. The Balaban J connectivity index is 0.867. The third-order valence-corrected chi connectivity index (χ3v) is 15.0. The van der Waals surface area contributed by atoms with Crippen molar-refractivity contribution < 1.29 is 4.42 Å². The monoisotopic (exact) mass is 775 g/mol. The predicted molar refractivity (Wildman–Crippen MR) is 248 cm³/mol. The second-order valence-corrected chi connectivity index (χ2v) is 17.7. The molecule has 0 saturated carbocycles. The summed E-state index contributed by atoms with van der Waals surface area (Å²) in [5, 5.41) is 7.65. The van der Waals surface area contributed by atoms with Crippen molar-refractivity contribution >= 4 is 86.6 Å². The van der Waals surface area contributed by atoms with Crippen LogP contribution in [0.15, 0.2) is 174 Å². The maximum Gasteiger partial charge on any atom is 0.135 e. The first-order valence-electron chi connectivity index (χ1n) is 19.9. The lowest BCUT2D eigenvalue weighted by Crippen LogP contribution is -1.98. The molecule has 0 radical (unpaired) electrons. The van der Waals surface area contributed by atoms with Crippen LogP contribution in [0.25, 0.3) is 118 Å². The van der Waals surface area contributed by atoms with Gasteiger partial charge in [-0.05, 0) is 152 Å². The van der Waals surface area contributed by atoms with Crippen molar-refractivity contribution in [1.82, 2.24) is 4.98 Å². The third kappa shape index (κ3) is 4.95. The summed E-state index contributed by atoms with van der Waals surface area (Å²) in [6.07, 6.45) is 2.11. The number of aromatic nitrogens is 1. The molecule has 0 fully saturated rings. The molecule has 1 aliphatic carbocycles. The van der Waals surface area contributed by atoms with Gasteiger partial charge in [-0.25, -0.2) is 0 Å². The number of hydrogen-bond donors (Lipinski definition) is 1. The Morgan fingerprint density at radius 2 is 0.724 bits per heavy atom. The van der Waals surface area contributed by atoms with Crippen LogP contribution >= 0.6 is 22.7 Å². The van der Waals surface area contributed by atoms with Gasteiger partial charge in [0.05, 0.1) is 0 Å². The quantitative estimate of drug-likeness (QED) is 0.190. The summed E-state index contributed by atoms with van der Waals surface area (Å²) in [4.78, 5) is 6.56. The van der Waals surface area contributed by atoms with Crippen LogP contribution in [0.2, 0.25) is 0 Å². The van der Waals surface area contributed by atoms with Crippen LogP contribution < -0.4 is 0 Å². The van der Waals surface area contributed by atoms with Crippen LogP contribution in [0.3, 0.4) is 0 Å². The van der Waals surface area contributed by atoms with Gasteiger partial charge < -0.3 is 9.40 Å². The van der Waals surface area contributed by atoms with Crippen LogP contribution in [-0.2, 0) is 12.8 Å². The molecule has 0 spiro atoms. The SMILES string of the molecule is c1ccc(-c2ccc3[nH]c4ccc(-c5ccc6sc7c(c6c5)CCc5c-7sc6ccc(-c7ccc8oc9ccc(-c%10ccccc%10)cc9c8c7)cc56)cc4c3c2)cc1. The van der Waals surface area contributed by atoms with Gasteiger partial charge in [0.1, 0.15) is 11.2 Å². The van der Waals surface area contributed by atoms with E-state index in [0.29, 0.717) is 0 Å². The highest BCUT2D eigenvalue weighted by atomic mass is 32.1. The topological polar surface area (TPSA) is 28.9 Å². The number of aromatic amines is 1. The Morgan fingerprint density at radius 1 is 0.345 bits per heavy atom. The fourth-order valence-electron chi connectivity index (χ4n) is 9.42. The molecule has 0 atom stereocenters. The first-order chi connectivity index (χ1) is 28.7. The van der Waals surface area contributed by atoms with E-state index in [9.17, 15) is 0 Å². The molecule has 0 amide bonds. The van der Waals surface area contributed by atoms with Gasteiger partial charge in [-0.15, -0.1) is 22.7 Å². The van der Waals surface area contributed by atoms with E-state index in [-0.39, 0.29) is 0 Å². The summed E-state index contributed by atoms with van der Waals surface area (Å²) in [7, 11) is 0. The van der Waals surface area contributed by atoms with Gasteiger partial charge >= 0.3 is 0 Å². The maximum absolute atomic E-state index is 6.31. The molecule has 4 heterocycles. The Hall–Kier alpha value is -6.72. The van der Waals surface area contributed by atoms with E-state index < -0.39 is 0 Å². The van der Waals surface area contributed by atoms with Crippen molar-refractivity contribution in [3.05, 3.63) is 181 Å². The molecular formula is C54H33NOS2. The van der Waals surface area contributed by atoms with Gasteiger partial charge in [0, 0.05) is 51.7 Å². The van der Waals surface area contributed by atoms with E-state index in [0.717, 1.165) is 34.8 Å².